The predicted molar refractivity (Wildman–Crippen MR) is 124 cm³/mol. The zero-order valence-electron chi connectivity index (χ0n) is 18.9. The van der Waals surface area contributed by atoms with E-state index in [-0.39, 0.29) is 5.54 Å². The van der Waals surface area contributed by atoms with Gasteiger partial charge in [0.25, 0.3) is 5.89 Å². The van der Waals surface area contributed by atoms with Crippen LogP contribution in [0, 0.1) is 13.8 Å². The molecule has 0 unspecified atom stereocenters. The van der Waals surface area contributed by atoms with Crippen LogP contribution in [0.15, 0.2) is 28.8 Å². The molecule has 1 aliphatic carbocycles. The fraction of sp³-hybridized carbons (Fsp3) is 0.560. The van der Waals surface area contributed by atoms with Gasteiger partial charge in [-0.2, -0.15) is 4.98 Å². The smallest absolute Gasteiger partial charge is 0.261 e. The topological polar surface area (TPSA) is 67.1 Å². The minimum Gasteiger partial charge on any atom is -0.356 e. The van der Waals surface area contributed by atoms with Crippen molar-refractivity contribution in [2.24, 2.45) is 0 Å². The molecule has 1 saturated heterocycles. The molecule has 164 valence electrons. The Morgan fingerprint density at radius 2 is 1.81 bits per heavy atom. The first kappa shape index (κ1) is 20.4. The molecule has 0 bridgehead atoms. The van der Waals surface area contributed by atoms with Crippen molar-refractivity contribution in [3.8, 4) is 11.5 Å². The molecule has 3 heterocycles. The molecule has 31 heavy (non-hydrogen) atoms. The summed E-state index contributed by atoms with van der Waals surface area (Å²) in [5.41, 5.74) is 3.36. The molecule has 6 heteroatoms. The molecule has 0 amide bonds. The highest BCUT2D eigenvalue weighted by Gasteiger charge is 2.34. The first-order chi connectivity index (χ1) is 15.0. The van der Waals surface area contributed by atoms with Crippen molar-refractivity contribution in [2.75, 3.05) is 18.0 Å². The second-order valence-electron chi connectivity index (χ2n) is 9.73. The van der Waals surface area contributed by atoms with Crippen LogP contribution in [-0.2, 0) is 0 Å². The summed E-state index contributed by atoms with van der Waals surface area (Å²) in [4.78, 5) is 12.0. The van der Waals surface area contributed by atoms with Gasteiger partial charge in [-0.3, -0.25) is 0 Å². The lowest BCUT2D eigenvalue weighted by Gasteiger charge is -2.43. The number of piperidine rings is 1. The molecule has 1 N–H and O–H groups in total. The molecule has 0 atom stereocenters. The van der Waals surface area contributed by atoms with Gasteiger partial charge in [0, 0.05) is 30.1 Å². The van der Waals surface area contributed by atoms with E-state index < -0.39 is 0 Å². The average molecular weight is 420 g/mol. The molecule has 1 saturated carbocycles. The lowest BCUT2D eigenvalue weighted by atomic mass is 9.86. The van der Waals surface area contributed by atoms with Crippen LogP contribution in [-0.4, -0.2) is 39.8 Å². The van der Waals surface area contributed by atoms with Gasteiger partial charge in [0.15, 0.2) is 5.82 Å². The van der Waals surface area contributed by atoms with Gasteiger partial charge < -0.3 is 14.7 Å². The van der Waals surface area contributed by atoms with Crippen molar-refractivity contribution < 1.29 is 4.52 Å². The van der Waals surface area contributed by atoms with E-state index in [1.807, 2.05) is 6.92 Å². The fourth-order valence-corrected chi connectivity index (χ4v) is 5.19. The maximum absolute atomic E-state index is 5.56. The minimum absolute atomic E-state index is 0.202. The maximum Gasteiger partial charge on any atom is 0.261 e. The fourth-order valence-electron chi connectivity index (χ4n) is 5.19. The Labute approximate surface area is 184 Å². The highest BCUT2D eigenvalue weighted by Crippen LogP contribution is 2.35. The Morgan fingerprint density at radius 1 is 1.03 bits per heavy atom. The number of fused-ring (bicyclic) bond motifs is 1. The van der Waals surface area contributed by atoms with Gasteiger partial charge >= 0.3 is 0 Å². The molecular weight excluding hydrogens is 386 g/mol. The molecule has 2 aliphatic rings. The first-order valence-corrected chi connectivity index (χ1v) is 11.7. The van der Waals surface area contributed by atoms with E-state index in [1.165, 1.54) is 37.7 Å². The van der Waals surface area contributed by atoms with E-state index in [0.29, 0.717) is 17.8 Å². The van der Waals surface area contributed by atoms with Gasteiger partial charge in [0.05, 0.1) is 11.1 Å². The van der Waals surface area contributed by atoms with Gasteiger partial charge in [0.2, 0.25) is 0 Å². The standard InChI is InChI=1S/C25H33N5O/c1-17-9-10-22-19(15-17)16-21(24-26-18(2)29-31-24)23(27-22)30-13-11-25(3,12-14-30)28-20-7-5-4-6-8-20/h9-10,15-16,20,28H,4-8,11-14H2,1-3H3. The van der Waals surface area contributed by atoms with Crippen molar-refractivity contribution >= 4 is 16.7 Å². The van der Waals surface area contributed by atoms with Gasteiger partial charge in [-0.1, -0.05) is 36.0 Å². The van der Waals surface area contributed by atoms with Crippen molar-refractivity contribution in [3.05, 3.63) is 35.7 Å². The van der Waals surface area contributed by atoms with Crippen molar-refractivity contribution in [2.45, 2.75) is 77.3 Å². The van der Waals surface area contributed by atoms with E-state index in [4.69, 9.17) is 9.51 Å². The quantitative estimate of drug-likeness (QED) is 0.628. The Hall–Kier alpha value is -2.47. The molecule has 0 radical (unpaired) electrons. The third-order valence-electron chi connectivity index (χ3n) is 7.03. The Bertz CT molecular complexity index is 1060. The summed E-state index contributed by atoms with van der Waals surface area (Å²) >= 11 is 0. The number of benzene rings is 1. The van der Waals surface area contributed by atoms with Crippen LogP contribution < -0.4 is 10.2 Å². The molecule has 0 spiro atoms. The number of rotatable bonds is 4. The third kappa shape index (κ3) is 4.31. The monoisotopic (exact) mass is 419 g/mol. The Morgan fingerprint density at radius 3 is 2.52 bits per heavy atom. The molecule has 1 aromatic carbocycles. The lowest BCUT2D eigenvalue weighted by molar-refractivity contribution is 0.224. The van der Waals surface area contributed by atoms with E-state index in [1.54, 1.807) is 0 Å². The zero-order chi connectivity index (χ0) is 21.4. The largest absolute Gasteiger partial charge is 0.356 e. The third-order valence-corrected chi connectivity index (χ3v) is 7.03. The van der Waals surface area contributed by atoms with Gasteiger partial charge in [-0.25, -0.2) is 4.98 Å². The maximum atomic E-state index is 5.56. The lowest BCUT2D eigenvalue weighted by Crippen LogP contribution is -2.55. The summed E-state index contributed by atoms with van der Waals surface area (Å²) in [6.07, 6.45) is 9.00. The Kier molecular flexibility index (Phi) is 5.42. The van der Waals surface area contributed by atoms with E-state index in [2.05, 4.69) is 58.5 Å². The van der Waals surface area contributed by atoms with Gasteiger partial charge in [0.1, 0.15) is 5.82 Å². The second-order valence-corrected chi connectivity index (χ2v) is 9.73. The van der Waals surface area contributed by atoms with E-state index >= 15 is 0 Å². The predicted octanol–water partition coefficient (Wildman–Crippen LogP) is 5.18. The number of pyridine rings is 1. The summed E-state index contributed by atoms with van der Waals surface area (Å²) in [5.74, 6) is 2.16. The van der Waals surface area contributed by atoms with Crippen LogP contribution in [0.1, 0.15) is 63.3 Å². The highest BCUT2D eigenvalue weighted by molar-refractivity contribution is 5.88. The minimum atomic E-state index is 0.202. The molecule has 2 aromatic heterocycles. The molecule has 2 fully saturated rings. The second kappa shape index (κ2) is 8.23. The highest BCUT2D eigenvalue weighted by atomic mass is 16.5. The van der Waals surface area contributed by atoms with Crippen LogP contribution in [0.4, 0.5) is 5.82 Å². The zero-order valence-corrected chi connectivity index (χ0v) is 18.9. The Balaban J connectivity index is 1.42. The number of nitrogens with zero attached hydrogens (tertiary/aromatic N) is 4. The SMILES string of the molecule is Cc1ccc2nc(N3CCC(C)(NC4CCCCC4)CC3)c(-c3nc(C)no3)cc2c1. The van der Waals surface area contributed by atoms with Crippen LogP contribution in [0.3, 0.4) is 0 Å². The normalized spacial score (nSPS) is 19.8. The number of hydrogen-bond acceptors (Lipinski definition) is 6. The summed E-state index contributed by atoms with van der Waals surface area (Å²) in [6, 6.07) is 9.24. The van der Waals surface area contributed by atoms with Crippen LogP contribution in [0.2, 0.25) is 0 Å². The molecule has 3 aromatic rings. The number of nitrogens with one attached hydrogen (secondary N) is 1. The summed E-state index contributed by atoms with van der Waals surface area (Å²) in [5, 5.41) is 9.13. The number of aromatic nitrogens is 3. The number of aryl methyl sites for hydroxylation is 2. The average Bonchev–Trinajstić information content (AvgIpc) is 3.20. The van der Waals surface area contributed by atoms with E-state index in [9.17, 15) is 0 Å². The van der Waals surface area contributed by atoms with Gasteiger partial charge in [-0.15, -0.1) is 0 Å². The molecule has 1 aliphatic heterocycles. The first-order valence-electron chi connectivity index (χ1n) is 11.7. The molecular formula is C25H33N5O. The molecule has 5 rings (SSSR count). The van der Waals surface area contributed by atoms with Crippen molar-refractivity contribution in [3.63, 3.8) is 0 Å². The number of hydrogen-bond donors (Lipinski definition) is 1. The van der Waals surface area contributed by atoms with Gasteiger partial charge in [-0.05, 0) is 64.7 Å². The van der Waals surface area contributed by atoms with Crippen LogP contribution in [0.5, 0.6) is 0 Å². The number of anilines is 1. The van der Waals surface area contributed by atoms with E-state index in [0.717, 1.165) is 48.2 Å². The summed E-state index contributed by atoms with van der Waals surface area (Å²) in [7, 11) is 0. The summed E-state index contributed by atoms with van der Waals surface area (Å²) < 4.78 is 5.56. The van der Waals surface area contributed by atoms with Crippen LogP contribution in [0.25, 0.3) is 22.4 Å². The van der Waals surface area contributed by atoms with Crippen molar-refractivity contribution in [1.29, 1.82) is 0 Å². The summed E-state index contributed by atoms with van der Waals surface area (Å²) in [6.45, 7) is 8.31. The molecule has 6 nitrogen and oxygen atoms in total. The van der Waals surface area contributed by atoms with Crippen molar-refractivity contribution in [1.82, 2.24) is 20.4 Å². The van der Waals surface area contributed by atoms with Crippen LogP contribution >= 0.6 is 0 Å².